The highest BCUT2D eigenvalue weighted by atomic mass is 16.3. The molecule has 4 N–H and O–H groups in total. The van der Waals surface area contributed by atoms with Crippen molar-refractivity contribution in [3.63, 3.8) is 0 Å². The molecule has 0 aromatic carbocycles. The molecule has 0 radical (unpaired) electrons. The Morgan fingerprint density at radius 1 is 0.625 bits per heavy atom. The monoisotopic (exact) mass is 450 g/mol. The molecule has 6 nitrogen and oxygen atoms in total. The van der Waals surface area contributed by atoms with Crippen molar-refractivity contribution in [1.29, 1.82) is 0 Å². The van der Waals surface area contributed by atoms with Gasteiger partial charge in [0, 0.05) is 0 Å². The molecule has 3 fully saturated rings. The van der Waals surface area contributed by atoms with Crippen LogP contribution in [-0.2, 0) is 9.59 Å². The van der Waals surface area contributed by atoms with E-state index in [-0.39, 0.29) is 22.6 Å². The van der Waals surface area contributed by atoms with Crippen molar-refractivity contribution >= 4 is 11.8 Å². The third-order valence-electron chi connectivity index (χ3n) is 8.37. The Morgan fingerprint density at radius 3 is 1.16 bits per heavy atom. The molecule has 0 heterocycles. The summed E-state index contributed by atoms with van der Waals surface area (Å²) in [7, 11) is 0. The number of hydrogen-bond acceptors (Lipinski definition) is 4. The summed E-state index contributed by atoms with van der Waals surface area (Å²) in [4.78, 5) is 27.3. The first-order chi connectivity index (χ1) is 14.6. The molecule has 184 valence electrons. The van der Waals surface area contributed by atoms with Crippen molar-refractivity contribution in [2.45, 2.75) is 135 Å². The first-order valence-corrected chi connectivity index (χ1v) is 12.7. The Morgan fingerprint density at radius 2 is 0.938 bits per heavy atom. The second kappa shape index (κ2) is 8.57. The number of amides is 2. The van der Waals surface area contributed by atoms with Crippen LogP contribution in [0.4, 0.5) is 0 Å². The predicted molar refractivity (Wildman–Crippen MR) is 126 cm³/mol. The smallest absolute Gasteiger partial charge is 0.236 e. The summed E-state index contributed by atoms with van der Waals surface area (Å²) in [6, 6.07) is -0.819. The van der Waals surface area contributed by atoms with Crippen LogP contribution in [-0.4, -0.2) is 45.3 Å². The zero-order chi connectivity index (χ0) is 24.0. The average Bonchev–Trinajstić information content (AvgIpc) is 3.24. The third-order valence-corrected chi connectivity index (χ3v) is 8.37. The van der Waals surface area contributed by atoms with Gasteiger partial charge in [0.15, 0.2) is 0 Å². The molecule has 0 saturated heterocycles. The van der Waals surface area contributed by atoms with Gasteiger partial charge in [0.2, 0.25) is 11.8 Å². The zero-order valence-corrected chi connectivity index (χ0v) is 21.1. The van der Waals surface area contributed by atoms with Crippen molar-refractivity contribution < 1.29 is 19.8 Å². The van der Waals surface area contributed by atoms with Gasteiger partial charge in [0.25, 0.3) is 0 Å². The summed E-state index contributed by atoms with van der Waals surface area (Å²) in [5, 5.41) is 28.9. The van der Waals surface area contributed by atoms with Gasteiger partial charge < -0.3 is 20.8 Å². The summed E-state index contributed by atoms with van der Waals surface area (Å²) < 4.78 is 0. The van der Waals surface area contributed by atoms with Gasteiger partial charge in [-0.1, -0.05) is 73.6 Å². The highest BCUT2D eigenvalue weighted by Crippen LogP contribution is 2.46. The maximum absolute atomic E-state index is 13.6. The Labute approximate surface area is 194 Å². The van der Waals surface area contributed by atoms with Crippen molar-refractivity contribution in [3.05, 3.63) is 0 Å². The molecule has 0 aromatic heterocycles. The summed E-state index contributed by atoms with van der Waals surface area (Å²) >= 11 is 0. The molecule has 3 aliphatic rings. The van der Waals surface area contributed by atoms with E-state index in [1.807, 2.05) is 41.5 Å². The van der Waals surface area contributed by atoms with Crippen LogP contribution in [0.5, 0.6) is 0 Å². The third kappa shape index (κ3) is 4.72. The first-order valence-electron chi connectivity index (χ1n) is 12.7. The summed E-state index contributed by atoms with van der Waals surface area (Å²) in [6.07, 6.45) is 8.36. The first kappa shape index (κ1) is 25.5. The number of carbonyl (C=O) groups is 2. The second-order valence-electron chi connectivity index (χ2n) is 13.1. The molecule has 0 bridgehead atoms. The Kier molecular flexibility index (Phi) is 6.83. The van der Waals surface area contributed by atoms with E-state index < -0.39 is 28.7 Å². The number of aliphatic hydroxyl groups is 2. The molecule has 2 amide bonds. The van der Waals surface area contributed by atoms with Gasteiger partial charge in [-0.25, -0.2) is 0 Å². The van der Waals surface area contributed by atoms with Crippen LogP contribution in [0.1, 0.15) is 112 Å². The lowest BCUT2D eigenvalue weighted by Crippen LogP contribution is -2.66. The fraction of sp³-hybridized carbons (Fsp3) is 0.923. The van der Waals surface area contributed by atoms with Gasteiger partial charge in [-0.05, 0) is 49.4 Å². The van der Waals surface area contributed by atoms with Crippen LogP contribution in [0.2, 0.25) is 0 Å². The van der Waals surface area contributed by atoms with Crippen LogP contribution >= 0.6 is 0 Å². The number of nitrogens with one attached hydrogen (secondary N) is 2. The lowest BCUT2D eigenvalue weighted by Gasteiger charge is -2.48. The molecule has 32 heavy (non-hydrogen) atoms. The minimum Gasteiger partial charge on any atom is -0.388 e. The van der Waals surface area contributed by atoms with Gasteiger partial charge in [-0.3, -0.25) is 9.59 Å². The maximum atomic E-state index is 13.6. The van der Waals surface area contributed by atoms with Crippen LogP contribution in [0.3, 0.4) is 0 Å². The highest BCUT2D eigenvalue weighted by molar-refractivity contribution is 6.06. The van der Waals surface area contributed by atoms with Gasteiger partial charge in [-0.15, -0.1) is 0 Å². The molecule has 6 heteroatoms. The van der Waals surface area contributed by atoms with Crippen LogP contribution < -0.4 is 10.6 Å². The Hall–Kier alpha value is -1.14. The van der Waals surface area contributed by atoms with E-state index in [1.165, 1.54) is 0 Å². The molecular weight excluding hydrogens is 404 g/mol. The standard InChI is InChI=1S/C26H46N2O4/c1-22(2,3)18(25(31)14-7-8-15-25)27-20(29)24(12-11-13-24)21(30)28-19(23(4,5)6)26(32)16-9-10-17-26/h18-19,31-32H,7-17H2,1-6H3,(H,27,29)(H,28,30)/t18-,19-/m1/s1. The molecule has 0 unspecified atom stereocenters. The molecule has 0 aliphatic heterocycles. The quantitative estimate of drug-likeness (QED) is 0.462. The summed E-state index contributed by atoms with van der Waals surface area (Å²) in [5.74, 6) is -0.542. The molecular formula is C26H46N2O4. The lowest BCUT2D eigenvalue weighted by molar-refractivity contribution is -0.155. The van der Waals surface area contributed by atoms with E-state index >= 15 is 0 Å². The van der Waals surface area contributed by atoms with E-state index in [0.29, 0.717) is 38.5 Å². The molecule has 0 aromatic rings. The summed E-state index contributed by atoms with van der Waals surface area (Å²) in [6.45, 7) is 12.2. The van der Waals surface area contributed by atoms with Gasteiger partial charge in [0.1, 0.15) is 5.41 Å². The predicted octanol–water partition coefficient (Wildman–Crippen LogP) is 3.83. The molecule has 2 atom stereocenters. The summed E-state index contributed by atoms with van der Waals surface area (Å²) in [5.41, 5.74) is -3.63. The number of rotatable bonds is 6. The molecule has 3 saturated carbocycles. The molecule has 0 spiro atoms. The van der Waals surface area contributed by atoms with E-state index in [9.17, 15) is 19.8 Å². The fourth-order valence-electron chi connectivity index (χ4n) is 6.49. The van der Waals surface area contributed by atoms with Gasteiger partial charge >= 0.3 is 0 Å². The number of hydrogen-bond donors (Lipinski definition) is 4. The average molecular weight is 451 g/mol. The Balaban J connectivity index is 1.81. The molecule has 3 rings (SSSR count). The zero-order valence-electron chi connectivity index (χ0n) is 21.1. The van der Waals surface area contributed by atoms with E-state index in [1.54, 1.807) is 0 Å². The van der Waals surface area contributed by atoms with Crippen molar-refractivity contribution in [1.82, 2.24) is 10.6 Å². The highest BCUT2D eigenvalue weighted by Gasteiger charge is 2.56. The second-order valence-corrected chi connectivity index (χ2v) is 13.1. The van der Waals surface area contributed by atoms with Crippen molar-refractivity contribution in [3.8, 4) is 0 Å². The number of carbonyl (C=O) groups excluding carboxylic acids is 2. The fourth-order valence-corrected chi connectivity index (χ4v) is 6.49. The minimum absolute atomic E-state index is 0.271. The maximum Gasteiger partial charge on any atom is 0.236 e. The molecule has 3 aliphatic carbocycles. The van der Waals surface area contributed by atoms with E-state index in [2.05, 4.69) is 10.6 Å². The van der Waals surface area contributed by atoms with Crippen molar-refractivity contribution in [2.75, 3.05) is 0 Å². The van der Waals surface area contributed by atoms with Crippen LogP contribution in [0.25, 0.3) is 0 Å². The van der Waals surface area contributed by atoms with Crippen LogP contribution in [0.15, 0.2) is 0 Å². The SMILES string of the molecule is CC(C)(C)[C@@H](NC(=O)C1(C(=O)N[C@H](C(C)(C)C)C2(O)CCCC2)CCC1)C1(O)CCCC1. The van der Waals surface area contributed by atoms with E-state index in [0.717, 1.165) is 32.1 Å². The normalized spacial score (nSPS) is 26.1. The van der Waals surface area contributed by atoms with Gasteiger partial charge in [0.05, 0.1) is 23.3 Å². The van der Waals surface area contributed by atoms with Gasteiger partial charge in [-0.2, -0.15) is 0 Å². The largest absolute Gasteiger partial charge is 0.388 e. The Bertz CT molecular complexity index is 646. The minimum atomic E-state index is -1.11. The lowest BCUT2D eigenvalue weighted by atomic mass is 9.65. The van der Waals surface area contributed by atoms with Crippen molar-refractivity contribution in [2.24, 2.45) is 16.2 Å². The topological polar surface area (TPSA) is 98.7 Å². The van der Waals surface area contributed by atoms with E-state index in [4.69, 9.17) is 0 Å². The van der Waals surface area contributed by atoms with Crippen LogP contribution in [0, 0.1) is 16.2 Å².